The van der Waals surface area contributed by atoms with Crippen LogP contribution in [0.3, 0.4) is 0 Å². The number of hydrogen-bond acceptors (Lipinski definition) is 19. The fraction of sp³-hybridized carbons (Fsp3) is 0.345. The number of primary amides is 1. The van der Waals surface area contributed by atoms with Gasteiger partial charge in [-0.3, -0.25) is 33.6 Å². The standard InChI is InChI=1S/C58H63ClN8O18/c1-24(2)15-33(61-3)52(72)66-47-50(71)27-11-14-38(35(68)18-27)85-41-20-28-19-40(51(41)82-7)84-37-13-10-26(17-32(37)59)49(70)48-57(77)65-46(58(78)83-8)31-21-29(79-4)22-39(81-6)43(31)30-16-25(9-12-36(30)80-5)44(54(74)67-48)64-55(75)45(28)63-53(73)34(23-42(60)69)62-56(47)76/h9-14,16-22,24,33-34,44-50,61,68,70-71H,15,23H2,1-8H3,(H2,60,69)(H,62,76)(H,63,73)(H,64,75)(H,65,77)(H,66,72)(H,67,74)/t33-,34+,44-,45-,46+,47-,48+,49-,50-/m1/s1. The van der Waals surface area contributed by atoms with Crippen LogP contribution in [0.1, 0.15) is 84.8 Å². The highest BCUT2D eigenvalue weighted by atomic mass is 35.5. The number of esters is 1. The Kier molecular flexibility index (Phi) is 18.9. The number of ether oxygens (including phenoxy) is 7. The monoisotopic (exact) mass is 1190 g/mol. The zero-order valence-electron chi connectivity index (χ0n) is 47.1. The molecular formula is C58H63ClN8O18. The molecule has 0 saturated carbocycles. The molecule has 85 heavy (non-hydrogen) atoms. The Hall–Kier alpha value is -9.37. The maximum absolute atomic E-state index is 15.7. The first-order valence-electron chi connectivity index (χ1n) is 26.4. The van der Waals surface area contributed by atoms with E-state index < -0.39 is 114 Å². The van der Waals surface area contributed by atoms with Crippen molar-refractivity contribution < 1.29 is 86.8 Å². The molecule has 0 aromatic heterocycles. The van der Waals surface area contributed by atoms with Gasteiger partial charge < -0.3 is 91.4 Å². The second-order valence-electron chi connectivity index (χ2n) is 20.3. The molecule has 0 radical (unpaired) electrons. The van der Waals surface area contributed by atoms with Crippen molar-refractivity contribution in [1.82, 2.24) is 37.2 Å². The molecule has 5 heterocycles. The predicted molar refractivity (Wildman–Crippen MR) is 301 cm³/mol. The predicted octanol–water partition coefficient (Wildman–Crippen LogP) is 2.75. The highest BCUT2D eigenvalue weighted by Gasteiger charge is 2.42. The van der Waals surface area contributed by atoms with Gasteiger partial charge in [0.15, 0.2) is 29.0 Å². The smallest absolute Gasteiger partial charge is 0.333 e. The zero-order valence-corrected chi connectivity index (χ0v) is 47.9. The number of rotatable bonds is 12. The Morgan fingerprint density at radius 1 is 0.659 bits per heavy atom. The van der Waals surface area contributed by atoms with Gasteiger partial charge in [0.1, 0.15) is 65.4 Å². The summed E-state index contributed by atoms with van der Waals surface area (Å²) in [5.41, 5.74) is 5.44. The number of nitrogens with one attached hydrogen (secondary N) is 7. The summed E-state index contributed by atoms with van der Waals surface area (Å²) in [6, 6.07) is 4.40. The number of aliphatic hydroxyl groups is 2. The van der Waals surface area contributed by atoms with Gasteiger partial charge in [-0.15, -0.1) is 0 Å². The van der Waals surface area contributed by atoms with E-state index in [0.29, 0.717) is 0 Å². The SMILES string of the molecule is CN[C@H](CC(C)C)C(=O)N[C@H]1C(=O)N[C@@H](CC(N)=O)C(=O)N[C@H]2C(=O)N[C@H]3C(=O)N[C@H](C(=O)N[C@H](C(=O)OC)c4cc(OC)cc(OC)c4-c4cc3ccc4OC)[C@H](O)c3ccc(c(Cl)c3)Oc3cc2cc(c3OC)Oc2ccc(cc2O)[C@H]1O. The van der Waals surface area contributed by atoms with Crippen LogP contribution >= 0.6 is 11.6 Å². The van der Waals surface area contributed by atoms with Gasteiger partial charge in [0, 0.05) is 22.8 Å². The van der Waals surface area contributed by atoms with Crippen LogP contribution in [0.5, 0.6) is 51.7 Å². The van der Waals surface area contributed by atoms with Crippen molar-refractivity contribution in [3.8, 4) is 62.9 Å². The molecule has 10 rings (SSSR count). The maximum Gasteiger partial charge on any atom is 0.333 e. The molecule has 5 aliphatic rings. The highest BCUT2D eigenvalue weighted by Crippen LogP contribution is 2.48. The van der Waals surface area contributed by atoms with Crippen LogP contribution in [0.4, 0.5) is 0 Å². The summed E-state index contributed by atoms with van der Waals surface area (Å²) in [5, 5.41) is 53.8. The van der Waals surface area contributed by atoms with Crippen molar-refractivity contribution in [2.24, 2.45) is 11.7 Å². The number of aliphatic hydroxyl groups excluding tert-OH is 2. The Bertz CT molecular complexity index is 3470. The first-order chi connectivity index (χ1) is 40.5. The van der Waals surface area contributed by atoms with Gasteiger partial charge in [-0.2, -0.15) is 0 Å². The summed E-state index contributed by atoms with van der Waals surface area (Å²) in [7, 11) is 7.83. The molecule has 5 aromatic carbocycles. The van der Waals surface area contributed by atoms with Crippen molar-refractivity contribution in [2.45, 2.75) is 81.2 Å². The molecule has 26 nitrogen and oxygen atoms in total. The number of methoxy groups -OCH3 is 5. The fourth-order valence-corrected chi connectivity index (χ4v) is 10.3. The zero-order chi connectivity index (χ0) is 61.7. The molecule has 450 valence electrons. The fourth-order valence-electron chi connectivity index (χ4n) is 10.1. The van der Waals surface area contributed by atoms with E-state index in [2.05, 4.69) is 37.2 Å². The Balaban J connectivity index is 1.39. The Morgan fingerprint density at radius 2 is 1.28 bits per heavy atom. The molecule has 0 spiro atoms. The first-order valence-corrected chi connectivity index (χ1v) is 26.8. The number of carbonyl (C=O) groups is 8. The van der Waals surface area contributed by atoms with Crippen molar-refractivity contribution in [1.29, 1.82) is 0 Å². The highest BCUT2D eigenvalue weighted by molar-refractivity contribution is 6.32. The molecule has 7 amide bonds. The summed E-state index contributed by atoms with van der Waals surface area (Å²) in [6.07, 6.45) is -4.62. The lowest BCUT2D eigenvalue weighted by Gasteiger charge is -2.32. The molecule has 11 bridgehead atoms. The maximum atomic E-state index is 15.7. The lowest BCUT2D eigenvalue weighted by atomic mass is 9.89. The number of aromatic hydroxyl groups is 1. The van der Waals surface area contributed by atoms with E-state index in [4.69, 9.17) is 50.5 Å². The number of likely N-dealkylation sites (N-methyl/N-ethyl adjacent to an activating group) is 1. The van der Waals surface area contributed by atoms with Gasteiger partial charge in [0.25, 0.3) is 0 Å². The number of phenolic OH excluding ortho intramolecular Hbond substituents is 1. The third-order valence-electron chi connectivity index (χ3n) is 14.4. The van der Waals surface area contributed by atoms with Gasteiger partial charge in [0.05, 0.1) is 53.0 Å². The van der Waals surface area contributed by atoms with E-state index in [-0.39, 0.29) is 102 Å². The molecule has 5 aromatic rings. The van der Waals surface area contributed by atoms with E-state index in [9.17, 15) is 39.3 Å². The molecular weight excluding hydrogens is 1130 g/mol. The summed E-state index contributed by atoms with van der Waals surface area (Å²) < 4.78 is 41.0. The lowest BCUT2D eigenvalue weighted by Crippen LogP contribution is -2.59. The molecule has 0 fully saturated rings. The topological polar surface area (TPSA) is 372 Å². The van der Waals surface area contributed by atoms with Crippen LogP contribution in [-0.4, -0.2) is 129 Å². The summed E-state index contributed by atoms with van der Waals surface area (Å²) in [4.78, 5) is 116. The van der Waals surface area contributed by atoms with Crippen molar-refractivity contribution in [3.05, 3.63) is 112 Å². The molecule has 12 N–H and O–H groups in total. The second kappa shape index (κ2) is 26.0. The normalized spacial score (nSPS) is 21.6. The minimum absolute atomic E-state index is 0.0136. The van der Waals surface area contributed by atoms with Crippen LogP contribution < -0.4 is 71.4 Å². The molecule has 0 aliphatic carbocycles. The molecule has 27 heteroatoms. The number of nitrogens with two attached hydrogens (primary N) is 1. The lowest BCUT2D eigenvalue weighted by molar-refractivity contribution is -0.146. The molecule has 0 saturated heterocycles. The number of halogens is 1. The molecule has 5 aliphatic heterocycles. The van der Waals surface area contributed by atoms with Crippen LogP contribution in [0.15, 0.2) is 78.9 Å². The van der Waals surface area contributed by atoms with Crippen LogP contribution in [0.25, 0.3) is 11.1 Å². The van der Waals surface area contributed by atoms with Crippen molar-refractivity contribution in [3.63, 3.8) is 0 Å². The van der Waals surface area contributed by atoms with Gasteiger partial charge in [-0.05, 0) is 96.2 Å². The van der Waals surface area contributed by atoms with Gasteiger partial charge >= 0.3 is 5.97 Å². The minimum Gasteiger partial charge on any atom is -0.504 e. The van der Waals surface area contributed by atoms with E-state index in [1.807, 2.05) is 13.8 Å². The van der Waals surface area contributed by atoms with Crippen molar-refractivity contribution >= 4 is 58.9 Å². The number of fused-ring (bicyclic) bond motifs is 15. The van der Waals surface area contributed by atoms with E-state index in [0.717, 1.165) is 13.2 Å². The molecule has 9 atom stereocenters. The number of hydrogen-bond donors (Lipinski definition) is 11. The second-order valence-corrected chi connectivity index (χ2v) is 20.7. The van der Waals surface area contributed by atoms with Gasteiger partial charge in [-0.1, -0.05) is 43.6 Å². The Labute approximate surface area is 491 Å². The average Bonchev–Trinajstić information content (AvgIpc) is 1.61. The quantitative estimate of drug-likeness (QED) is 0.0800. The van der Waals surface area contributed by atoms with Crippen LogP contribution in [-0.2, 0) is 43.1 Å². The summed E-state index contributed by atoms with van der Waals surface area (Å²) in [5.74, 6) is -10.5. The summed E-state index contributed by atoms with van der Waals surface area (Å²) >= 11 is 6.91. The first kappa shape index (κ1) is 61.7. The minimum atomic E-state index is -2.07. The average molecular weight is 1200 g/mol. The Morgan fingerprint density at radius 3 is 1.88 bits per heavy atom. The number of carbonyl (C=O) groups excluding carboxylic acids is 8. The number of benzene rings is 5. The van der Waals surface area contributed by atoms with E-state index in [1.165, 1.54) is 108 Å². The largest absolute Gasteiger partial charge is 0.504 e. The molecule has 0 unspecified atom stereocenters. The third-order valence-corrected chi connectivity index (χ3v) is 14.7. The third kappa shape index (κ3) is 13.1. The van der Waals surface area contributed by atoms with Gasteiger partial charge in [-0.25, -0.2) is 4.79 Å². The van der Waals surface area contributed by atoms with E-state index >= 15 is 14.4 Å². The van der Waals surface area contributed by atoms with Crippen LogP contribution in [0.2, 0.25) is 5.02 Å². The van der Waals surface area contributed by atoms with E-state index in [1.54, 1.807) is 0 Å². The van der Waals surface area contributed by atoms with Gasteiger partial charge in [0.2, 0.25) is 47.1 Å². The summed E-state index contributed by atoms with van der Waals surface area (Å²) in [6.45, 7) is 3.71. The number of amides is 7. The van der Waals surface area contributed by atoms with Crippen LogP contribution in [0, 0.1) is 5.92 Å². The van der Waals surface area contributed by atoms with Crippen molar-refractivity contribution in [2.75, 3.05) is 42.6 Å². The number of phenols is 1.